The van der Waals surface area contributed by atoms with Crippen LogP contribution in [0.25, 0.3) is 0 Å². The second-order valence-electron chi connectivity index (χ2n) is 4.22. The van der Waals surface area contributed by atoms with E-state index in [0.717, 1.165) is 11.5 Å². The molecule has 0 aromatic heterocycles. The Balaban J connectivity index is 3.07. The van der Waals surface area contributed by atoms with Crippen LogP contribution in [0.15, 0.2) is 21.8 Å². The minimum absolute atomic E-state index is 0.0470. The summed E-state index contributed by atoms with van der Waals surface area (Å²) in [5.74, 6) is 1.39. The molecule has 0 bridgehead atoms. The van der Waals surface area contributed by atoms with E-state index in [1.54, 1.807) is 0 Å². The lowest BCUT2D eigenvalue weighted by Gasteiger charge is -2.25. The lowest BCUT2D eigenvalue weighted by atomic mass is 9.79. The van der Waals surface area contributed by atoms with Crippen LogP contribution in [0.1, 0.15) is 34.6 Å². The van der Waals surface area contributed by atoms with Crippen molar-refractivity contribution in [3.8, 4) is 0 Å². The van der Waals surface area contributed by atoms with E-state index in [4.69, 9.17) is 0 Å². The average molecular weight is 178 g/mol. The Bertz CT molecular complexity index is 284. The van der Waals surface area contributed by atoms with Crippen molar-refractivity contribution in [2.24, 2.45) is 21.3 Å². The third-order valence-corrected chi connectivity index (χ3v) is 2.63. The predicted octanol–water partition coefficient (Wildman–Crippen LogP) is 3.06. The molecular formula is C11H18N2. The van der Waals surface area contributed by atoms with E-state index in [1.165, 1.54) is 0 Å². The summed E-state index contributed by atoms with van der Waals surface area (Å²) in [4.78, 5) is 8.66. The molecule has 0 aromatic rings. The number of hydrogen-bond acceptors (Lipinski definition) is 2. The highest BCUT2D eigenvalue weighted by Crippen LogP contribution is 2.29. The molecule has 0 radical (unpaired) electrons. The lowest BCUT2D eigenvalue weighted by Crippen LogP contribution is -2.22. The minimum atomic E-state index is 0.0470. The minimum Gasteiger partial charge on any atom is -0.245 e. The highest BCUT2D eigenvalue weighted by atomic mass is 14.9. The summed E-state index contributed by atoms with van der Waals surface area (Å²) in [5.41, 5.74) is 1.11. The predicted molar refractivity (Wildman–Crippen MR) is 58.3 cm³/mol. The smallest absolute Gasteiger partial charge is 0.125 e. The average Bonchev–Trinajstić information content (AvgIpc) is 2.11. The number of aliphatic imine (C=N–C) groups is 2. The van der Waals surface area contributed by atoms with Gasteiger partial charge in [0.2, 0.25) is 0 Å². The molecule has 2 heteroatoms. The van der Waals surface area contributed by atoms with Gasteiger partial charge in [-0.2, -0.15) is 0 Å². The summed E-state index contributed by atoms with van der Waals surface area (Å²) in [6.07, 6.45) is 4.20. The van der Waals surface area contributed by atoms with Gasteiger partial charge in [0, 0.05) is 17.3 Å². The van der Waals surface area contributed by atoms with Crippen LogP contribution >= 0.6 is 0 Å². The van der Waals surface area contributed by atoms with E-state index in [1.807, 2.05) is 20.1 Å². The van der Waals surface area contributed by atoms with Crippen molar-refractivity contribution in [3.63, 3.8) is 0 Å². The first kappa shape index (κ1) is 10.2. The topological polar surface area (TPSA) is 24.7 Å². The standard InChI is InChI=1S/C11H18N2/c1-8(2)11(5)6-9(3)13-10(4)12-7-11/h6-8H,1-5H3. The molecule has 1 rings (SSSR count). The van der Waals surface area contributed by atoms with Crippen molar-refractivity contribution in [1.29, 1.82) is 0 Å². The molecule has 1 aliphatic heterocycles. The fourth-order valence-electron chi connectivity index (χ4n) is 1.35. The van der Waals surface area contributed by atoms with Gasteiger partial charge in [0.1, 0.15) is 5.84 Å². The normalized spacial score (nSPS) is 28.5. The van der Waals surface area contributed by atoms with Crippen LogP contribution in [0.2, 0.25) is 0 Å². The largest absolute Gasteiger partial charge is 0.245 e. The highest BCUT2D eigenvalue weighted by molar-refractivity contribution is 5.91. The van der Waals surface area contributed by atoms with Crippen molar-refractivity contribution in [2.75, 3.05) is 0 Å². The maximum atomic E-state index is 4.33. The fraction of sp³-hybridized carbons (Fsp3) is 0.636. The molecule has 0 amide bonds. The molecule has 1 unspecified atom stereocenters. The Kier molecular flexibility index (Phi) is 2.69. The number of hydrogen-bond donors (Lipinski definition) is 0. The van der Waals surface area contributed by atoms with Gasteiger partial charge in [-0.1, -0.05) is 26.8 Å². The first-order valence-corrected chi connectivity index (χ1v) is 4.74. The zero-order valence-corrected chi connectivity index (χ0v) is 9.13. The maximum absolute atomic E-state index is 4.33. The molecule has 0 aliphatic carbocycles. The molecule has 1 atom stereocenters. The van der Waals surface area contributed by atoms with Crippen molar-refractivity contribution in [1.82, 2.24) is 0 Å². The molecule has 2 nitrogen and oxygen atoms in total. The van der Waals surface area contributed by atoms with Gasteiger partial charge in [0.05, 0.1) is 0 Å². The second-order valence-corrected chi connectivity index (χ2v) is 4.22. The molecule has 0 spiro atoms. The Hall–Kier alpha value is -0.920. The zero-order valence-electron chi connectivity index (χ0n) is 9.13. The first-order chi connectivity index (χ1) is 5.94. The van der Waals surface area contributed by atoms with Gasteiger partial charge < -0.3 is 0 Å². The number of amidine groups is 1. The van der Waals surface area contributed by atoms with Gasteiger partial charge in [-0.25, -0.2) is 9.98 Å². The van der Waals surface area contributed by atoms with E-state index in [-0.39, 0.29) is 5.41 Å². The number of nitrogens with zero attached hydrogens (tertiary/aromatic N) is 2. The fourth-order valence-corrected chi connectivity index (χ4v) is 1.35. The van der Waals surface area contributed by atoms with Gasteiger partial charge in [0.25, 0.3) is 0 Å². The van der Waals surface area contributed by atoms with Crippen molar-refractivity contribution in [3.05, 3.63) is 11.8 Å². The quantitative estimate of drug-likeness (QED) is 0.589. The Morgan fingerprint density at radius 1 is 1.31 bits per heavy atom. The molecule has 72 valence electrons. The summed E-state index contributed by atoms with van der Waals surface area (Å²) in [7, 11) is 0. The van der Waals surface area contributed by atoms with E-state index < -0.39 is 0 Å². The van der Waals surface area contributed by atoms with Gasteiger partial charge in [0.15, 0.2) is 0 Å². The lowest BCUT2D eigenvalue weighted by molar-refractivity contribution is 0.422. The van der Waals surface area contributed by atoms with Crippen LogP contribution in [0, 0.1) is 11.3 Å². The van der Waals surface area contributed by atoms with Crippen LogP contribution in [0.3, 0.4) is 0 Å². The molecule has 13 heavy (non-hydrogen) atoms. The van der Waals surface area contributed by atoms with E-state index in [2.05, 4.69) is 36.8 Å². The van der Waals surface area contributed by atoms with Gasteiger partial charge in [-0.3, -0.25) is 0 Å². The third-order valence-electron chi connectivity index (χ3n) is 2.63. The van der Waals surface area contributed by atoms with Gasteiger partial charge >= 0.3 is 0 Å². The maximum Gasteiger partial charge on any atom is 0.125 e. The second kappa shape index (κ2) is 3.44. The summed E-state index contributed by atoms with van der Waals surface area (Å²) in [6, 6.07) is 0. The van der Waals surface area contributed by atoms with Gasteiger partial charge in [-0.15, -0.1) is 0 Å². The highest BCUT2D eigenvalue weighted by Gasteiger charge is 2.25. The number of rotatable bonds is 1. The third kappa shape index (κ3) is 2.27. The SMILES string of the molecule is CC1=CC(C)(C(C)C)C=NC(C)=N1. The van der Waals surface area contributed by atoms with E-state index in [0.29, 0.717) is 5.92 Å². The molecule has 0 saturated heterocycles. The van der Waals surface area contributed by atoms with Crippen LogP contribution in [0.4, 0.5) is 0 Å². The van der Waals surface area contributed by atoms with E-state index in [9.17, 15) is 0 Å². The summed E-state index contributed by atoms with van der Waals surface area (Å²) >= 11 is 0. The molecule has 1 heterocycles. The summed E-state index contributed by atoms with van der Waals surface area (Å²) < 4.78 is 0. The molecule has 1 aliphatic rings. The zero-order chi connectivity index (χ0) is 10.1. The van der Waals surface area contributed by atoms with Crippen molar-refractivity contribution >= 4 is 12.1 Å². The van der Waals surface area contributed by atoms with Crippen LogP contribution in [-0.2, 0) is 0 Å². The summed E-state index contributed by atoms with van der Waals surface area (Å²) in [5, 5.41) is 0. The molecule has 0 fully saturated rings. The van der Waals surface area contributed by atoms with Crippen molar-refractivity contribution < 1.29 is 0 Å². The van der Waals surface area contributed by atoms with Crippen molar-refractivity contribution in [2.45, 2.75) is 34.6 Å². The monoisotopic (exact) mass is 178 g/mol. The molecule has 0 aromatic carbocycles. The number of allylic oxidation sites excluding steroid dienone is 2. The molecular weight excluding hydrogens is 160 g/mol. The summed E-state index contributed by atoms with van der Waals surface area (Å²) in [6.45, 7) is 10.6. The van der Waals surface area contributed by atoms with Crippen LogP contribution in [-0.4, -0.2) is 12.1 Å². The molecule has 0 N–H and O–H groups in total. The Morgan fingerprint density at radius 3 is 2.46 bits per heavy atom. The molecule has 0 saturated carbocycles. The van der Waals surface area contributed by atoms with Gasteiger partial charge in [-0.05, 0) is 19.8 Å². The first-order valence-electron chi connectivity index (χ1n) is 4.74. The van der Waals surface area contributed by atoms with E-state index >= 15 is 0 Å². The Labute approximate surface area is 80.5 Å². The Morgan fingerprint density at radius 2 is 1.92 bits per heavy atom. The van der Waals surface area contributed by atoms with Crippen LogP contribution in [0.5, 0.6) is 0 Å². The van der Waals surface area contributed by atoms with Crippen LogP contribution < -0.4 is 0 Å².